The molecule has 0 aromatic carbocycles. The van der Waals surface area contributed by atoms with Gasteiger partial charge in [-0.25, -0.2) is 0 Å². The van der Waals surface area contributed by atoms with Crippen molar-refractivity contribution >= 4 is 0 Å². The molecular weight excluding hydrogens is 246 g/mol. The van der Waals surface area contributed by atoms with E-state index in [0.29, 0.717) is 0 Å². The van der Waals surface area contributed by atoms with Crippen molar-refractivity contribution in [1.82, 2.24) is 5.32 Å². The Morgan fingerprint density at radius 1 is 1.00 bits per heavy atom. The van der Waals surface area contributed by atoms with Gasteiger partial charge in [0.15, 0.2) is 0 Å². The third-order valence-corrected chi connectivity index (χ3v) is 6.14. The van der Waals surface area contributed by atoms with E-state index in [1.807, 2.05) is 0 Å². The lowest BCUT2D eigenvalue weighted by atomic mass is 9.77. The van der Waals surface area contributed by atoms with Crippen LogP contribution in [-0.2, 0) is 4.74 Å². The van der Waals surface area contributed by atoms with Gasteiger partial charge in [0.1, 0.15) is 0 Å². The fourth-order valence-corrected chi connectivity index (χ4v) is 4.93. The molecule has 1 aliphatic heterocycles. The smallest absolute Gasteiger partial charge is 0.0697 e. The predicted molar refractivity (Wildman–Crippen MR) is 84.0 cm³/mol. The van der Waals surface area contributed by atoms with Gasteiger partial charge in [0.2, 0.25) is 0 Å². The van der Waals surface area contributed by atoms with Gasteiger partial charge in [0, 0.05) is 18.7 Å². The average Bonchev–Trinajstić information content (AvgIpc) is 2.49. The van der Waals surface area contributed by atoms with Crippen molar-refractivity contribution in [2.45, 2.75) is 102 Å². The second-order valence-electron chi connectivity index (χ2n) is 7.51. The SMILES string of the molecule is CCC1CCCCC1NC1CCOC2(CCCCC2)C1. The van der Waals surface area contributed by atoms with Gasteiger partial charge < -0.3 is 10.1 Å². The molecule has 2 saturated carbocycles. The molecule has 0 amide bonds. The first-order chi connectivity index (χ1) is 9.81. The minimum Gasteiger partial charge on any atom is -0.375 e. The molecular formula is C18H33NO. The van der Waals surface area contributed by atoms with Crippen molar-refractivity contribution in [3.63, 3.8) is 0 Å². The monoisotopic (exact) mass is 279 g/mol. The number of rotatable bonds is 3. The van der Waals surface area contributed by atoms with E-state index in [0.717, 1.165) is 24.6 Å². The molecule has 0 bridgehead atoms. The van der Waals surface area contributed by atoms with Crippen LogP contribution in [0.4, 0.5) is 0 Å². The number of nitrogens with one attached hydrogen (secondary N) is 1. The summed E-state index contributed by atoms with van der Waals surface area (Å²) in [5.74, 6) is 0.925. The maximum atomic E-state index is 6.24. The fraction of sp³-hybridized carbons (Fsp3) is 1.00. The fourth-order valence-electron chi connectivity index (χ4n) is 4.93. The quantitative estimate of drug-likeness (QED) is 0.825. The summed E-state index contributed by atoms with van der Waals surface area (Å²) in [6.45, 7) is 3.36. The second kappa shape index (κ2) is 6.79. The Labute approximate surface area is 125 Å². The molecule has 3 unspecified atom stereocenters. The van der Waals surface area contributed by atoms with Crippen molar-refractivity contribution in [1.29, 1.82) is 0 Å². The molecule has 116 valence electrons. The van der Waals surface area contributed by atoms with E-state index >= 15 is 0 Å². The van der Waals surface area contributed by atoms with Crippen LogP contribution in [0.1, 0.15) is 84.0 Å². The van der Waals surface area contributed by atoms with Gasteiger partial charge in [-0.15, -0.1) is 0 Å². The standard InChI is InChI=1S/C18H33NO/c1-2-15-8-4-5-9-17(15)19-16-10-13-20-18(14-16)11-6-3-7-12-18/h15-17,19H,2-14H2,1H3. The van der Waals surface area contributed by atoms with E-state index in [4.69, 9.17) is 4.74 Å². The lowest BCUT2D eigenvalue weighted by Crippen LogP contribution is -2.52. The average molecular weight is 279 g/mol. The molecule has 3 aliphatic rings. The highest BCUT2D eigenvalue weighted by molar-refractivity contribution is 4.94. The Morgan fingerprint density at radius 3 is 2.60 bits per heavy atom. The summed E-state index contributed by atoms with van der Waals surface area (Å²) in [5.41, 5.74) is 0.255. The van der Waals surface area contributed by atoms with Crippen LogP contribution in [0.3, 0.4) is 0 Å². The molecule has 2 aliphatic carbocycles. The first-order valence-corrected chi connectivity index (χ1v) is 9.21. The normalized spacial score (nSPS) is 38.0. The van der Waals surface area contributed by atoms with Gasteiger partial charge in [-0.1, -0.05) is 45.4 Å². The molecule has 0 radical (unpaired) electrons. The summed E-state index contributed by atoms with van der Waals surface area (Å²) in [4.78, 5) is 0. The number of ether oxygens (including phenoxy) is 1. The molecule has 0 aromatic heterocycles. The van der Waals surface area contributed by atoms with Gasteiger partial charge in [0.05, 0.1) is 5.60 Å². The van der Waals surface area contributed by atoms with Crippen LogP contribution in [0, 0.1) is 5.92 Å². The van der Waals surface area contributed by atoms with Gasteiger partial charge in [-0.05, 0) is 44.4 Å². The Hall–Kier alpha value is -0.0800. The number of hydrogen-bond acceptors (Lipinski definition) is 2. The van der Waals surface area contributed by atoms with Gasteiger partial charge in [-0.2, -0.15) is 0 Å². The summed E-state index contributed by atoms with van der Waals surface area (Å²) >= 11 is 0. The molecule has 2 heteroatoms. The van der Waals surface area contributed by atoms with Crippen LogP contribution in [-0.4, -0.2) is 24.3 Å². The highest BCUT2D eigenvalue weighted by Crippen LogP contribution is 2.39. The third-order valence-electron chi connectivity index (χ3n) is 6.14. The maximum Gasteiger partial charge on any atom is 0.0697 e. The Balaban J connectivity index is 1.56. The van der Waals surface area contributed by atoms with Crippen LogP contribution in [0.25, 0.3) is 0 Å². The summed E-state index contributed by atoms with van der Waals surface area (Å²) < 4.78 is 6.24. The Kier molecular flexibility index (Phi) is 5.04. The van der Waals surface area contributed by atoms with Crippen LogP contribution in [0.2, 0.25) is 0 Å². The topological polar surface area (TPSA) is 21.3 Å². The maximum absolute atomic E-state index is 6.24. The van der Waals surface area contributed by atoms with Crippen molar-refractivity contribution in [3.05, 3.63) is 0 Å². The van der Waals surface area contributed by atoms with Crippen LogP contribution >= 0.6 is 0 Å². The molecule has 0 aromatic rings. The zero-order valence-electron chi connectivity index (χ0n) is 13.3. The van der Waals surface area contributed by atoms with Crippen molar-refractivity contribution in [2.75, 3.05) is 6.61 Å². The van der Waals surface area contributed by atoms with E-state index in [1.165, 1.54) is 77.0 Å². The van der Waals surface area contributed by atoms with Gasteiger partial charge in [-0.3, -0.25) is 0 Å². The third kappa shape index (κ3) is 3.39. The zero-order chi connectivity index (χ0) is 13.8. The molecule has 1 saturated heterocycles. The Morgan fingerprint density at radius 2 is 1.80 bits per heavy atom. The van der Waals surface area contributed by atoms with E-state index in [1.54, 1.807) is 0 Å². The molecule has 2 nitrogen and oxygen atoms in total. The minimum atomic E-state index is 0.255. The summed E-state index contributed by atoms with van der Waals surface area (Å²) in [7, 11) is 0. The molecule has 20 heavy (non-hydrogen) atoms. The Bertz CT molecular complexity index is 292. The highest BCUT2D eigenvalue weighted by atomic mass is 16.5. The lowest BCUT2D eigenvalue weighted by Gasteiger charge is -2.45. The van der Waals surface area contributed by atoms with Crippen LogP contribution in [0.5, 0.6) is 0 Å². The van der Waals surface area contributed by atoms with Crippen molar-refractivity contribution < 1.29 is 4.74 Å². The summed E-state index contributed by atoms with van der Waals surface area (Å²) in [5, 5.41) is 4.05. The highest BCUT2D eigenvalue weighted by Gasteiger charge is 2.39. The molecule has 3 rings (SSSR count). The molecule has 1 spiro atoms. The van der Waals surface area contributed by atoms with Crippen LogP contribution < -0.4 is 5.32 Å². The van der Waals surface area contributed by atoms with Crippen molar-refractivity contribution in [3.8, 4) is 0 Å². The van der Waals surface area contributed by atoms with Crippen LogP contribution in [0.15, 0.2) is 0 Å². The molecule has 1 N–H and O–H groups in total. The summed E-state index contributed by atoms with van der Waals surface area (Å²) in [6.07, 6.45) is 16.4. The summed E-state index contributed by atoms with van der Waals surface area (Å²) in [6, 6.07) is 1.51. The largest absolute Gasteiger partial charge is 0.375 e. The van der Waals surface area contributed by atoms with E-state index in [9.17, 15) is 0 Å². The zero-order valence-corrected chi connectivity index (χ0v) is 13.3. The first kappa shape index (κ1) is 14.8. The molecule has 1 heterocycles. The van der Waals surface area contributed by atoms with E-state index in [2.05, 4.69) is 12.2 Å². The van der Waals surface area contributed by atoms with Gasteiger partial charge in [0.25, 0.3) is 0 Å². The van der Waals surface area contributed by atoms with Gasteiger partial charge >= 0.3 is 0 Å². The molecule has 3 fully saturated rings. The lowest BCUT2D eigenvalue weighted by molar-refractivity contribution is -0.111. The van der Waals surface area contributed by atoms with E-state index in [-0.39, 0.29) is 5.60 Å². The first-order valence-electron chi connectivity index (χ1n) is 9.21. The second-order valence-corrected chi connectivity index (χ2v) is 7.51. The minimum absolute atomic E-state index is 0.255. The molecule has 3 atom stereocenters. The van der Waals surface area contributed by atoms with E-state index < -0.39 is 0 Å². The van der Waals surface area contributed by atoms with Crippen molar-refractivity contribution in [2.24, 2.45) is 5.92 Å². The predicted octanol–water partition coefficient (Wildman–Crippen LogP) is 4.43. The number of hydrogen-bond donors (Lipinski definition) is 1.